The van der Waals surface area contributed by atoms with E-state index in [2.05, 4.69) is 18.8 Å². The van der Waals surface area contributed by atoms with Crippen molar-refractivity contribution < 1.29 is 23.4 Å². The van der Waals surface area contributed by atoms with Crippen LogP contribution >= 0.6 is 0 Å². The maximum Gasteiger partial charge on any atom is 0.387 e. The SMILES string of the molecule is CC(C)CCOc1cc(OC(F)F)c2c(c1)ncn2C1CC(C)(O)C1. The van der Waals surface area contributed by atoms with E-state index < -0.39 is 12.2 Å². The molecule has 1 aliphatic carbocycles. The van der Waals surface area contributed by atoms with Crippen molar-refractivity contribution in [1.29, 1.82) is 0 Å². The summed E-state index contributed by atoms with van der Waals surface area (Å²) in [6.07, 6.45) is 3.59. The molecule has 0 radical (unpaired) electrons. The van der Waals surface area contributed by atoms with E-state index in [4.69, 9.17) is 9.47 Å². The van der Waals surface area contributed by atoms with Gasteiger partial charge in [0.25, 0.3) is 0 Å². The molecule has 138 valence electrons. The zero-order valence-corrected chi connectivity index (χ0v) is 14.7. The molecule has 0 aliphatic heterocycles. The van der Waals surface area contributed by atoms with Gasteiger partial charge in [-0.1, -0.05) is 13.8 Å². The molecule has 1 heterocycles. The first-order chi connectivity index (χ1) is 11.7. The van der Waals surface area contributed by atoms with Crippen molar-refractivity contribution >= 4 is 11.0 Å². The molecule has 1 saturated carbocycles. The summed E-state index contributed by atoms with van der Waals surface area (Å²) in [6, 6.07) is 3.25. The molecule has 1 aliphatic rings. The summed E-state index contributed by atoms with van der Waals surface area (Å²) in [4.78, 5) is 4.32. The molecule has 25 heavy (non-hydrogen) atoms. The zero-order valence-electron chi connectivity index (χ0n) is 14.7. The highest BCUT2D eigenvalue weighted by Crippen LogP contribution is 2.44. The second kappa shape index (κ2) is 6.78. The van der Waals surface area contributed by atoms with Gasteiger partial charge in [-0.2, -0.15) is 8.78 Å². The average Bonchev–Trinajstić information content (AvgIpc) is 2.87. The van der Waals surface area contributed by atoms with Crippen LogP contribution in [-0.4, -0.2) is 33.5 Å². The number of aliphatic hydroxyl groups is 1. The standard InChI is InChI=1S/C18H24F2N2O3/c1-11(2)4-5-24-13-6-14-16(15(7-13)25-17(19)20)22(10-21-14)12-8-18(3,23)9-12/h6-7,10-12,17,23H,4-5,8-9H2,1-3H3. The van der Waals surface area contributed by atoms with Crippen molar-refractivity contribution in [2.75, 3.05) is 6.61 Å². The summed E-state index contributed by atoms with van der Waals surface area (Å²) >= 11 is 0. The lowest BCUT2D eigenvalue weighted by Crippen LogP contribution is -2.41. The van der Waals surface area contributed by atoms with Gasteiger partial charge in [0.1, 0.15) is 11.3 Å². The number of nitrogens with zero attached hydrogens (tertiary/aromatic N) is 2. The van der Waals surface area contributed by atoms with Gasteiger partial charge in [-0.05, 0) is 32.1 Å². The number of ether oxygens (including phenoxy) is 2. The van der Waals surface area contributed by atoms with E-state index >= 15 is 0 Å². The molecule has 0 amide bonds. The van der Waals surface area contributed by atoms with Crippen LogP contribution < -0.4 is 9.47 Å². The average molecular weight is 354 g/mol. The van der Waals surface area contributed by atoms with Crippen molar-refractivity contribution in [3.8, 4) is 11.5 Å². The first kappa shape index (κ1) is 17.9. The lowest BCUT2D eigenvalue weighted by molar-refractivity contribution is -0.0540. The van der Waals surface area contributed by atoms with Crippen molar-refractivity contribution in [2.45, 2.75) is 58.3 Å². The third-order valence-corrected chi connectivity index (χ3v) is 4.53. The van der Waals surface area contributed by atoms with Crippen LogP contribution in [0.15, 0.2) is 18.5 Å². The van der Waals surface area contributed by atoms with Gasteiger partial charge in [-0.15, -0.1) is 0 Å². The largest absolute Gasteiger partial charge is 0.493 e. The minimum absolute atomic E-state index is 0.0210. The highest BCUT2D eigenvalue weighted by molar-refractivity contribution is 5.84. The second-order valence-corrected chi connectivity index (χ2v) is 7.41. The number of benzene rings is 1. The molecule has 0 bridgehead atoms. The predicted molar refractivity (Wildman–Crippen MR) is 90.2 cm³/mol. The van der Waals surface area contributed by atoms with E-state index in [9.17, 15) is 13.9 Å². The molecule has 1 aromatic carbocycles. The first-order valence-electron chi connectivity index (χ1n) is 8.56. The minimum atomic E-state index is -2.93. The Morgan fingerprint density at radius 3 is 2.68 bits per heavy atom. The molecule has 3 rings (SSSR count). The van der Waals surface area contributed by atoms with E-state index in [1.807, 2.05) is 4.57 Å². The Morgan fingerprint density at radius 1 is 1.36 bits per heavy atom. The molecular weight excluding hydrogens is 330 g/mol. The third kappa shape index (κ3) is 4.03. The number of fused-ring (bicyclic) bond motifs is 1. The number of alkyl halides is 2. The number of imidazole rings is 1. The Balaban J connectivity index is 1.90. The molecular formula is C18H24F2N2O3. The van der Waals surface area contributed by atoms with Crippen LogP contribution in [0, 0.1) is 5.92 Å². The minimum Gasteiger partial charge on any atom is -0.493 e. The fourth-order valence-electron chi connectivity index (χ4n) is 3.22. The van der Waals surface area contributed by atoms with Crippen LogP contribution in [0.4, 0.5) is 8.78 Å². The Bertz CT molecular complexity index is 735. The summed E-state index contributed by atoms with van der Waals surface area (Å²) in [5.41, 5.74) is 0.339. The van der Waals surface area contributed by atoms with Gasteiger partial charge in [-0.3, -0.25) is 0 Å². The molecule has 1 fully saturated rings. The predicted octanol–water partition coefficient (Wildman–Crippen LogP) is 4.15. The Hall–Kier alpha value is -1.89. The van der Waals surface area contributed by atoms with Gasteiger partial charge in [0.15, 0.2) is 5.75 Å². The Labute approximate surface area is 145 Å². The fourth-order valence-corrected chi connectivity index (χ4v) is 3.22. The maximum absolute atomic E-state index is 12.9. The Morgan fingerprint density at radius 2 is 2.08 bits per heavy atom. The van der Waals surface area contributed by atoms with Crippen LogP contribution in [0.2, 0.25) is 0 Å². The van der Waals surface area contributed by atoms with E-state index in [-0.39, 0.29) is 11.8 Å². The van der Waals surface area contributed by atoms with E-state index in [0.717, 1.165) is 6.42 Å². The van der Waals surface area contributed by atoms with Gasteiger partial charge >= 0.3 is 6.61 Å². The molecule has 0 spiro atoms. The van der Waals surface area contributed by atoms with Crippen LogP contribution in [0.1, 0.15) is 46.1 Å². The molecule has 2 aromatic rings. The van der Waals surface area contributed by atoms with Gasteiger partial charge in [-0.25, -0.2) is 4.98 Å². The summed E-state index contributed by atoms with van der Waals surface area (Å²) in [5, 5.41) is 9.95. The van der Waals surface area contributed by atoms with Crippen molar-refractivity contribution in [2.24, 2.45) is 5.92 Å². The van der Waals surface area contributed by atoms with E-state index in [1.54, 1.807) is 19.3 Å². The summed E-state index contributed by atoms with van der Waals surface area (Å²) < 4.78 is 37.9. The lowest BCUT2D eigenvalue weighted by Gasteiger charge is -2.41. The molecule has 1 aromatic heterocycles. The smallest absolute Gasteiger partial charge is 0.387 e. The van der Waals surface area contributed by atoms with Crippen LogP contribution in [0.25, 0.3) is 11.0 Å². The Kier molecular flexibility index (Phi) is 4.86. The number of hydrogen-bond acceptors (Lipinski definition) is 4. The molecule has 0 atom stereocenters. The normalized spacial score (nSPS) is 23.3. The number of hydrogen-bond donors (Lipinski definition) is 1. The molecule has 7 heteroatoms. The van der Waals surface area contributed by atoms with E-state index in [1.165, 1.54) is 6.07 Å². The van der Waals surface area contributed by atoms with Gasteiger partial charge < -0.3 is 19.1 Å². The highest BCUT2D eigenvalue weighted by atomic mass is 19.3. The molecule has 0 saturated heterocycles. The summed E-state index contributed by atoms with van der Waals surface area (Å²) in [7, 11) is 0. The molecule has 1 N–H and O–H groups in total. The van der Waals surface area contributed by atoms with E-state index in [0.29, 0.717) is 42.1 Å². The van der Waals surface area contributed by atoms with Gasteiger partial charge in [0.2, 0.25) is 0 Å². The summed E-state index contributed by atoms with van der Waals surface area (Å²) in [6.45, 7) is 3.52. The zero-order chi connectivity index (χ0) is 18.2. The fraction of sp³-hybridized carbons (Fsp3) is 0.611. The summed E-state index contributed by atoms with van der Waals surface area (Å²) in [5.74, 6) is 1.01. The maximum atomic E-state index is 12.9. The van der Waals surface area contributed by atoms with Crippen molar-refractivity contribution in [3.63, 3.8) is 0 Å². The monoisotopic (exact) mass is 354 g/mol. The van der Waals surface area contributed by atoms with Gasteiger partial charge in [0, 0.05) is 18.2 Å². The van der Waals surface area contributed by atoms with Crippen molar-refractivity contribution in [3.05, 3.63) is 18.5 Å². The highest BCUT2D eigenvalue weighted by Gasteiger charge is 2.40. The third-order valence-electron chi connectivity index (χ3n) is 4.53. The quantitative estimate of drug-likeness (QED) is 0.812. The van der Waals surface area contributed by atoms with Gasteiger partial charge in [0.05, 0.1) is 24.1 Å². The van der Waals surface area contributed by atoms with Crippen LogP contribution in [0.3, 0.4) is 0 Å². The first-order valence-corrected chi connectivity index (χ1v) is 8.56. The second-order valence-electron chi connectivity index (χ2n) is 7.41. The van der Waals surface area contributed by atoms with Crippen LogP contribution in [0.5, 0.6) is 11.5 Å². The number of halogens is 2. The topological polar surface area (TPSA) is 56.5 Å². The molecule has 0 unspecified atom stereocenters. The van der Waals surface area contributed by atoms with Crippen molar-refractivity contribution in [1.82, 2.24) is 9.55 Å². The van der Waals surface area contributed by atoms with Crippen LogP contribution in [-0.2, 0) is 0 Å². The number of aromatic nitrogens is 2. The molecule has 5 nitrogen and oxygen atoms in total. The number of rotatable bonds is 7. The lowest BCUT2D eigenvalue weighted by atomic mass is 9.77.